The smallest absolute Gasteiger partial charge is 0.119 e. The van der Waals surface area contributed by atoms with Gasteiger partial charge in [0.1, 0.15) is 12.4 Å². The van der Waals surface area contributed by atoms with Crippen LogP contribution in [0.25, 0.3) is 0 Å². The highest BCUT2D eigenvalue weighted by Crippen LogP contribution is 2.23. The van der Waals surface area contributed by atoms with Crippen molar-refractivity contribution in [2.24, 2.45) is 0 Å². The Bertz CT molecular complexity index is 580. The zero-order valence-corrected chi connectivity index (χ0v) is 13.3. The Morgan fingerprint density at radius 1 is 1.00 bits per heavy atom. The minimum Gasteiger partial charge on any atom is -0.489 e. The molecule has 4 heteroatoms. The summed E-state index contributed by atoms with van der Waals surface area (Å²) in [5.41, 5.74) is 2.30. The number of nitrogens with one attached hydrogen (secondary N) is 1. The first-order valence-electron chi connectivity index (χ1n) is 8.19. The highest BCUT2D eigenvalue weighted by Gasteiger charge is 2.21. The van der Waals surface area contributed by atoms with E-state index in [0.717, 1.165) is 43.1 Å². The number of aliphatic hydroxyl groups excluding tert-OH is 1. The van der Waals surface area contributed by atoms with Gasteiger partial charge in [0.25, 0.3) is 0 Å². The zero-order chi connectivity index (χ0) is 15.9. The average molecular weight is 312 g/mol. The van der Waals surface area contributed by atoms with Crippen LogP contribution in [0.1, 0.15) is 17.2 Å². The summed E-state index contributed by atoms with van der Waals surface area (Å²) in [6.07, 6.45) is 0. The van der Waals surface area contributed by atoms with Crippen molar-refractivity contribution in [1.29, 1.82) is 0 Å². The summed E-state index contributed by atoms with van der Waals surface area (Å²) < 4.78 is 5.82. The lowest BCUT2D eigenvalue weighted by molar-refractivity contribution is 0.111. The molecule has 2 N–H and O–H groups in total. The van der Waals surface area contributed by atoms with Crippen molar-refractivity contribution >= 4 is 0 Å². The van der Waals surface area contributed by atoms with E-state index in [4.69, 9.17) is 4.74 Å². The fourth-order valence-electron chi connectivity index (χ4n) is 2.95. The molecule has 1 aliphatic rings. The second-order valence-electron chi connectivity index (χ2n) is 5.83. The summed E-state index contributed by atoms with van der Waals surface area (Å²) in [6.45, 7) is 4.62. The number of piperazine rings is 1. The van der Waals surface area contributed by atoms with Gasteiger partial charge in [-0.3, -0.25) is 4.90 Å². The van der Waals surface area contributed by atoms with E-state index in [9.17, 15) is 5.11 Å². The molecule has 4 nitrogen and oxygen atoms in total. The SMILES string of the molecule is OC[C@H](c1ccc(OCc2ccccc2)cc1)N1CCNCC1. The van der Waals surface area contributed by atoms with Crippen molar-refractivity contribution < 1.29 is 9.84 Å². The molecule has 1 aliphatic heterocycles. The van der Waals surface area contributed by atoms with Gasteiger partial charge in [-0.15, -0.1) is 0 Å². The quantitative estimate of drug-likeness (QED) is 0.858. The topological polar surface area (TPSA) is 44.7 Å². The Kier molecular flexibility index (Phi) is 5.64. The molecular weight excluding hydrogens is 288 g/mol. The van der Waals surface area contributed by atoms with E-state index < -0.39 is 0 Å². The third kappa shape index (κ3) is 4.32. The summed E-state index contributed by atoms with van der Waals surface area (Å²) in [4.78, 5) is 2.33. The number of aliphatic hydroxyl groups is 1. The molecule has 0 aromatic heterocycles. The van der Waals surface area contributed by atoms with Crippen molar-refractivity contribution in [3.63, 3.8) is 0 Å². The van der Waals surface area contributed by atoms with E-state index in [1.165, 1.54) is 0 Å². The molecule has 0 saturated carbocycles. The van der Waals surface area contributed by atoms with Crippen LogP contribution < -0.4 is 10.1 Å². The van der Waals surface area contributed by atoms with Crippen molar-refractivity contribution in [3.8, 4) is 5.75 Å². The first kappa shape index (κ1) is 16.0. The summed E-state index contributed by atoms with van der Waals surface area (Å²) in [6, 6.07) is 18.3. The summed E-state index contributed by atoms with van der Waals surface area (Å²) in [7, 11) is 0. The Morgan fingerprint density at radius 2 is 1.70 bits per heavy atom. The molecule has 1 atom stereocenters. The van der Waals surface area contributed by atoms with Crippen LogP contribution in [0.4, 0.5) is 0 Å². The molecule has 0 spiro atoms. The fraction of sp³-hybridized carbons (Fsp3) is 0.368. The van der Waals surface area contributed by atoms with Crippen LogP contribution in [0.15, 0.2) is 54.6 Å². The molecule has 0 bridgehead atoms. The van der Waals surface area contributed by atoms with Gasteiger partial charge in [0, 0.05) is 26.2 Å². The predicted octanol–water partition coefficient (Wildman–Crippen LogP) is 2.20. The molecule has 2 aromatic rings. The standard InChI is InChI=1S/C19H24N2O2/c22-14-19(21-12-10-20-11-13-21)17-6-8-18(9-7-17)23-15-16-4-2-1-3-5-16/h1-9,19-20,22H,10-15H2/t19-/m1/s1. The highest BCUT2D eigenvalue weighted by atomic mass is 16.5. The van der Waals surface area contributed by atoms with Crippen LogP contribution >= 0.6 is 0 Å². The van der Waals surface area contributed by atoms with Crippen LogP contribution in [-0.2, 0) is 6.61 Å². The van der Waals surface area contributed by atoms with Crippen molar-refractivity contribution in [3.05, 3.63) is 65.7 Å². The molecule has 3 rings (SSSR count). The summed E-state index contributed by atoms with van der Waals surface area (Å²) in [5, 5.41) is 13.1. The van der Waals surface area contributed by atoms with E-state index in [1.54, 1.807) is 0 Å². The Hall–Kier alpha value is -1.88. The number of hydrogen-bond acceptors (Lipinski definition) is 4. The second-order valence-corrected chi connectivity index (χ2v) is 5.83. The zero-order valence-electron chi connectivity index (χ0n) is 13.3. The van der Waals surface area contributed by atoms with Crippen molar-refractivity contribution in [2.75, 3.05) is 32.8 Å². The third-order valence-corrected chi connectivity index (χ3v) is 4.28. The molecule has 0 amide bonds. The minimum atomic E-state index is 0.0697. The first-order chi connectivity index (χ1) is 11.4. The Balaban J connectivity index is 1.61. The largest absolute Gasteiger partial charge is 0.489 e. The van der Waals surface area contributed by atoms with E-state index in [1.807, 2.05) is 30.3 Å². The van der Waals surface area contributed by atoms with E-state index in [0.29, 0.717) is 6.61 Å². The Labute approximate surface area is 137 Å². The van der Waals surface area contributed by atoms with Crippen molar-refractivity contribution in [1.82, 2.24) is 10.2 Å². The molecule has 1 fully saturated rings. The van der Waals surface area contributed by atoms with E-state index in [-0.39, 0.29) is 12.6 Å². The van der Waals surface area contributed by atoms with Gasteiger partial charge < -0.3 is 15.2 Å². The summed E-state index contributed by atoms with van der Waals surface area (Å²) >= 11 is 0. The number of rotatable bonds is 6. The third-order valence-electron chi connectivity index (χ3n) is 4.28. The lowest BCUT2D eigenvalue weighted by atomic mass is 10.1. The fourth-order valence-corrected chi connectivity index (χ4v) is 2.95. The molecule has 1 saturated heterocycles. The molecule has 0 aliphatic carbocycles. The van der Waals surface area contributed by atoms with Gasteiger partial charge in [0.05, 0.1) is 12.6 Å². The maximum Gasteiger partial charge on any atom is 0.119 e. The van der Waals surface area contributed by atoms with E-state index in [2.05, 4.69) is 34.5 Å². The van der Waals surface area contributed by atoms with Gasteiger partial charge in [0.15, 0.2) is 0 Å². The predicted molar refractivity (Wildman–Crippen MR) is 91.5 cm³/mol. The monoisotopic (exact) mass is 312 g/mol. The van der Waals surface area contributed by atoms with Crippen LogP contribution in [0, 0.1) is 0 Å². The van der Waals surface area contributed by atoms with Crippen molar-refractivity contribution in [2.45, 2.75) is 12.6 Å². The van der Waals surface area contributed by atoms with Gasteiger partial charge in [-0.2, -0.15) is 0 Å². The van der Waals surface area contributed by atoms with Crippen LogP contribution in [0.2, 0.25) is 0 Å². The molecule has 2 aromatic carbocycles. The van der Waals surface area contributed by atoms with Crippen LogP contribution in [0.5, 0.6) is 5.75 Å². The molecule has 23 heavy (non-hydrogen) atoms. The normalized spacial score (nSPS) is 16.9. The molecular formula is C19H24N2O2. The highest BCUT2D eigenvalue weighted by molar-refractivity contribution is 5.30. The second kappa shape index (κ2) is 8.11. The molecule has 1 heterocycles. The maximum atomic E-state index is 9.76. The number of ether oxygens (including phenoxy) is 1. The average Bonchev–Trinajstić information content (AvgIpc) is 2.63. The van der Waals surface area contributed by atoms with Gasteiger partial charge in [-0.05, 0) is 23.3 Å². The van der Waals surface area contributed by atoms with Gasteiger partial charge >= 0.3 is 0 Å². The van der Waals surface area contributed by atoms with Gasteiger partial charge in [-0.1, -0.05) is 42.5 Å². The molecule has 0 unspecified atom stereocenters. The number of nitrogens with zero attached hydrogens (tertiary/aromatic N) is 1. The minimum absolute atomic E-state index is 0.0697. The Morgan fingerprint density at radius 3 is 2.35 bits per heavy atom. The molecule has 122 valence electrons. The lowest BCUT2D eigenvalue weighted by Crippen LogP contribution is -2.46. The first-order valence-corrected chi connectivity index (χ1v) is 8.19. The molecule has 0 radical (unpaired) electrons. The summed E-state index contributed by atoms with van der Waals surface area (Å²) in [5.74, 6) is 0.856. The maximum absolute atomic E-state index is 9.76. The van der Waals surface area contributed by atoms with Gasteiger partial charge in [0.2, 0.25) is 0 Å². The van der Waals surface area contributed by atoms with Gasteiger partial charge in [-0.25, -0.2) is 0 Å². The lowest BCUT2D eigenvalue weighted by Gasteiger charge is -2.34. The van der Waals surface area contributed by atoms with Crippen LogP contribution in [-0.4, -0.2) is 42.8 Å². The van der Waals surface area contributed by atoms with Crippen LogP contribution in [0.3, 0.4) is 0 Å². The number of hydrogen-bond donors (Lipinski definition) is 2. The number of benzene rings is 2. The van der Waals surface area contributed by atoms with E-state index >= 15 is 0 Å².